The van der Waals surface area contributed by atoms with Crippen LogP contribution in [0.1, 0.15) is 40.0 Å². The van der Waals surface area contributed by atoms with Crippen LogP contribution in [0.5, 0.6) is 0 Å². The molecule has 0 aromatic heterocycles. The van der Waals surface area contributed by atoms with E-state index in [9.17, 15) is 9.90 Å². The summed E-state index contributed by atoms with van der Waals surface area (Å²) >= 11 is 0. The molecule has 0 radical (unpaired) electrons. The summed E-state index contributed by atoms with van der Waals surface area (Å²) in [7, 11) is 1.78. The van der Waals surface area contributed by atoms with Crippen molar-refractivity contribution >= 4 is 5.97 Å². The summed E-state index contributed by atoms with van der Waals surface area (Å²) < 4.78 is 5.51. The number of nitrogens with zero attached hydrogens (tertiary/aromatic N) is 1. The van der Waals surface area contributed by atoms with Crippen LogP contribution in [0.4, 0.5) is 0 Å². The zero-order chi connectivity index (χ0) is 15.2. The first-order valence-corrected chi connectivity index (χ1v) is 7.66. The van der Waals surface area contributed by atoms with Crippen LogP contribution in [-0.4, -0.2) is 60.9 Å². The van der Waals surface area contributed by atoms with Crippen LogP contribution in [0.15, 0.2) is 0 Å². The third-order valence-electron chi connectivity index (χ3n) is 4.47. The number of hydrogen-bond acceptors (Lipinski definition) is 4. The normalized spacial score (nSPS) is 27.2. The molecular weight excluding hydrogens is 256 g/mol. The molecule has 0 aromatic carbocycles. The molecule has 1 aliphatic heterocycles. The first-order chi connectivity index (χ1) is 9.42. The Labute approximate surface area is 122 Å². The van der Waals surface area contributed by atoms with E-state index in [-0.39, 0.29) is 0 Å². The Morgan fingerprint density at radius 1 is 1.55 bits per heavy atom. The van der Waals surface area contributed by atoms with E-state index in [2.05, 4.69) is 17.1 Å². The molecule has 1 saturated heterocycles. The Hall–Kier alpha value is -0.650. The van der Waals surface area contributed by atoms with Gasteiger partial charge in [-0.25, -0.2) is 0 Å². The van der Waals surface area contributed by atoms with E-state index in [4.69, 9.17) is 4.74 Å². The molecule has 0 amide bonds. The number of nitrogens with one attached hydrogen (secondary N) is 1. The zero-order valence-corrected chi connectivity index (χ0v) is 13.3. The van der Waals surface area contributed by atoms with Crippen molar-refractivity contribution in [1.82, 2.24) is 10.2 Å². The maximum atomic E-state index is 11.3. The van der Waals surface area contributed by atoms with Gasteiger partial charge >= 0.3 is 5.97 Å². The number of likely N-dealkylation sites (tertiary alicyclic amines) is 1. The van der Waals surface area contributed by atoms with Crippen molar-refractivity contribution in [2.24, 2.45) is 5.92 Å². The van der Waals surface area contributed by atoms with Gasteiger partial charge in [0.05, 0.1) is 6.10 Å². The third-order valence-corrected chi connectivity index (χ3v) is 4.47. The summed E-state index contributed by atoms with van der Waals surface area (Å²) in [4.78, 5) is 13.7. The Kier molecular flexibility index (Phi) is 6.92. The highest BCUT2D eigenvalue weighted by Gasteiger charge is 2.32. The number of aliphatic carboxylic acids is 1. The SMILES string of the molecule is CCNC(C)(CCCN1CCC(C)C(OC)C1)C(=O)O. The van der Waals surface area contributed by atoms with Gasteiger partial charge in [-0.2, -0.15) is 0 Å². The highest BCUT2D eigenvalue weighted by molar-refractivity contribution is 5.78. The fourth-order valence-electron chi connectivity index (χ4n) is 2.93. The molecule has 0 saturated carbocycles. The van der Waals surface area contributed by atoms with Gasteiger partial charge in [0.1, 0.15) is 5.54 Å². The molecule has 118 valence electrons. The smallest absolute Gasteiger partial charge is 0.323 e. The third kappa shape index (κ3) is 4.72. The second kappa shape index (κ2) is 7.96. The number of methoxy groups -OCH3 is 1. The van der Waals surface area contributed by atoms with Gasteiger partial charge in [0.2, 0.25) is 0 Å². The van der Waals surface area contributed by atoms with Gasteiger partial charge in [0.15, 0.2) is 0 Å². The van der Waals surface area contributed by atoms with E-state index in [0.29, 0.717) is 25.0 Å². The molecule has 3 atom stereocenters. The second-order valence-corrected chi connectivity index (χ2v) is 6.11. The maximum Gasteiger partial charge on any atom is 0.323 e. The van der Waals surface area contributed by atoms with E-state index >= 15 is 0 Å². The molecule has 20 heavy (non-hydrogen) atoms. The average Bonchev–Trinajstić information content (AvgIpc) is 2.40. The first-order valence-electron chi connectivity index (χ1n) is 7.66. The quantitative estimate of drug-likeness (QED) is 0.709. The van der Waals surface area contributed by atoms with E-state index in [1.165, 1.54) is 0 Å². The van der Waals surface area contributed by atoms with Crippen LogP contribution in [-0.2, 0) is 9.53 Å². The fraction of sp³-hybridized carbons (Fsp3) is 0.933. The van der Waals surface area contributed by atoms with Crippen molar-refractivity contribution in [3.63, 3.8) is 0 Å². The predicted molar refractivity (Wildman–Crippen MR) is 80.0 cm³/mol. The van der Waals surface area contributed by atoms with Crippen molar-refractivity contribution in [3.8, 4) is 0 Å². The molecule has 0 bridgehead atoms. The molecular formula is C15H30N2O3. The minimum atomic E-state index is -0.807. The number of carbonyl (C=O) groups is 1. The Bertz CT molecular complexity index is 311. The Balaban J connectivity index is 2.38. The van der Waals surface area contributed by atoms with Gasteiger partial charge in [-0.1, -0.05) is 13.8 Å². The number of rotatable bonds is 8. The van der Waals surface area contributed by atoms with Crippen molar-refractivity contribution < 1.29 is 14.6 Å². The van der Waals surface area contributed by atoms with E-state index < -0.39 is 11.5 Å². The molecule has 1 fully saturated rings. The fourth-order valence-corrected chi connectivity index (χ4v) is 2.93. The highest BCUT2D eigenvalue weighted by Crippen LogP contribution is 2.20. The van der Waals surface area contributed by atoms with Crippen molar-refractivity contribution in [2.45, 2.75) is 51.7 Å². The lowest BCUT2D eigenvalue weighted by Crippen LogP contribution is -2.50. The van der Waals surface area contributed by atoms with Crippen LogP contribution in [0, 0.1) is 5.92 Å². The van der Waals surface area contributed by atoms with Crippen LogP contribution in [0.2, 0.25) is 0 Å². The lowest BCUT2D eigenvalue weighted by molar-refractivity contribution is -0.144. The van der Waals surface area contributed by atoms with Gasteiger partial charge in [-0.3, -0.25) is 4.79 Å². The lowest BCUT2D eigenvalue weighted by atomic mass is 9.93. The van der Waals surface area contributed by atoms with Crippen LogP contribution >= 0.6 is 0 Å². The number of carboxylic acid groups (broad SMARTS) is 1. The topological polar surface area (TPSA) is 61.8 Å². The first kappa shape index (κ1) is 17.4. The van der Waals surface area contributed by atoms with Gasteiger partial charge in [-0.05, 0) is 51.7 Å². The Morgan fingerprint density at radius 3 is 2.80 bits per heavy atom. The molecule has 0 aliphatic carbocycles. The van der Waals surface area contributed by atoms with Crippen molar-refractivity contribution in [3.05, 3.63) is 0 Å². The van der Waals surface area contributed by atoms with Crippen LogP contribution < -0.4 is 5.32 Å². The van der Waals surface area contributed by atoms with Crippen molar-refractivity contribution in [2.75, 3.05) is 33.3 Å². The summed E-state index contributed by atoms with van der Waals surface area (Å²) in [5.74, 6) is -0.149. The molecule has 1 heterocycles. The van der Waals surface area contributed by atoms with Gasteiger partial charge < -0.3 is 20.1 Å². The predicted octanol–water partition coefficient (Wildman–Crippen LogP) is 1.58. The summed E-state index contributed by atoms with van der Waals surface area (Å²) in [6.07, 6.45) is 3.01. The van der Waals surface area contributed by atoms with E-state index in [0.717, 1.165) is 32.5 Å². The highest BCUT2D eigenvalue weighted by atomic mass is 16.5. The van der Waals surface area contributed by atoms with E-state index in [1.807, 2.05) is 6.92 Å². The van der Waals surface area contributed by atoms with Crippen LogP contribution in [0.25, 0.3) is 0 Å². The molecule has 5 nitrogen and oxygen atoms in total. The van der Waals surface area contributed by atoms with Gasteiger partial charge in [0, 0.05) is 13.7 Å². The lowest BCUT2D eigenvalue weighted by Gasteiger charge is -2.36. The minimum absolute atomic E-state index is 0.309. The van der Waals surface area contributed by atoms with Crippen molar-refractivity contribution in [1.29, 1.82) is 0 Å². The number of hydrogen-bond donors (Lipinski definition) is 2. The minimum Gasteiger partial charge on any atom is -0.480 e. The van der Waals surface area contributed by atoms with Crippen LogP contribution in [0.3, 0.4) is 0 Å². The summed E-state index contributed by atoms with van der Waals surface area (Å²) in [5, 5.41) is 12.4. The second-order valence-electron chi connectivity index (χ2n) is 6.11. The number of piperidine rings is 1. The zero-order valence-electron chi connectivity index (χ0n) is 13.3. The maximum absolute atomic E-state index is 11.3. The largest absolute Gasteiger partial charge is 0.480 e. The van der Waals surface area contributed by atoms with Gasteiger partial charge in [-0.15, -0.1) is 0 Å². The summed E-state index contributed by atoms with van der Waals surface area (Å²) in [5.41, 5.74) is -0.807. The molecule has 3 unspecified atom stereocenters. The summed E-state index contributed by atoms with van der Waals surface area (Å²) in [6, 6.07) is 0. The molecule has 1 aliphatic rings. The molecule has 1 rings (SSSR count). The van der Waals surface area contributed by atoms with Gasteiger partial charge in [0.25, 0.3) is 0 Å². The monoisotopic (exact) mass is 286 g/mol. The number of carboxylic acids is 1. The molecule has 0 aromatic rings. The molecule has 0 spiro atoms. The molecule has 2 N–H and O–H groups in total. The van der Waals surface area contributed by atoms with E-state index in [1.54, 1.807) is 14.0 Å². The molecule has 5 heteroatoms. The standard InChI is InChI=1S/C15H30N2O3/c1-5-16-15(3,14(18)19)8-6-9-17-10-7-12(2)13(11-17)20-4/h12-13,16H,5-11H2,1-4H3,(H,18,19). The Morgan fingerprint density at radius 2 is 2.25 bits per heavy atom. The summed E-state index contributed by atoms with van der Waals surface area (Å²) in [6.45, 7) is 9.62. The number of ether oxygens (including phenoxy) is 1. The number of likely N-dealkylation sites (N-methyl/N-ethyl adjacent to an activating group) is 1. The average molecular weight is 286 g/mol.